The van der Waals surface area contributed by atoms with Gasteiger partial charge in [0.2, 0.25) is 6.41 Å². The molecule has 0 radical (unpaired) electrons. The Morgan fingerprint density at radius 1 is 1.44 bits per heavy atom. The minimum atomic E-state index is 0.416. The first-order chi connectivity index (χ1) is 7.83. The molecule has 1 N–H and O–H groups in total. The number of aromatic nitrogens is 1. The largest absolute Gasteiger partial charge is 0.329 e. The van der Waals surface area contributed by atoms with Crippen LogP contribution in [-0.4, -0.2) is 23.4 Å². The van der Waals surface area contributed by atoms with E-state index in [1.165, 1.54) is 23.1 Å². The summed E-state index contributed by atoms with van der Waals surface area (Å²) in [5, 5.41) is 2.59. The lowest BCUT2D eigenvalue weighted by atomic mass is 10.3. The fourth-order valence-electron chi connectivity index (χ4n) is 1.23. The van der Waals surface area contributed by atoms with Crippen molar-refractivity contribution in [3.05, 3.63) is 18.2 Å². The van der Waals surface area contributed by atoms with Crippen LogP contribution in [0.1, 0.15) is 0 Å². The van der Waals surface area contributed by atoms with Gasteiger partial charge in [0.15, 0.2) is 4.34 Å². The summed E-state index contributed by atoms with van der Waals surface area (Å²) in [5.74, 6) is 0.416. The number of rotatable bonds is 5. The highest BCUT2D eigenvalue weighted by Crippen LogP contribution is 2.30. The zero-order valence-electron chi connectivity index (χ0n) is 8.17. The van der Waals surface area contributed by atoms with Crippen molar-refractivity contribution < 1.29 is 9.59 Å². The van der Waals surface area contributed by atoms with Crippen molar-refractivity contribution in [1.29, 1.82) is 0 Å². The molecule has 0 aliphatic carbocycles. The Hall–Kier alpha value is -1.40. The third kappa shape index (κ3) is 2.40. The number of benzene rings is 1. The monoisotopic (exact) mass is 252 g/mol. The van der Waals surface area contributed by atoms with E-state index in [-0.39, 0.29) is 0 Å². The van der Waals surface area contributed by atoms with Gasteiger partial charge in [-0.1, -0.05) is 11.8 Å². The molecule has 2 rings (SSSR count). The van der Waals surface area contributed by atoms with Crippen molar-refractivity contribution in [3.63, 3.8) is 0 Å². The quantitative estimate of drug-likeness (QED) is 0.654. The van der Waals surface area contributed by atoms with Gasteiger partial charge in [-0.15, -0.1) is 11.3 Å². The summed E-state index contributed by atoms with van der Waals surface area (Å²) in [6, 6.07) is 5.51. The molecule has 0 unspecified atom stereocenters. The Balaban J connectivity index is 2.30. The predicted octanol–water partition coefficient (Wildman–Crippen LogP) is 2.16. The van der Waals surface area contributed by atoms with E-state index in [9.17, 15) is 9.59 Å². The molecule has 0 aliphatic rings. The molecule has 1 aromatic heterocycles. The second kappa shape index (κ2) is 5.09. The molecule has 0 bridgehead atoms. The van der Waals surface area contributed by atoms with Crippen LogP contribution < -0.4 is 5.32 Å². The van der Waals surface area contributed by atoms with Gasteiger partial charge in [0.25, 0.3) is 0 Å². The molecule has 0 saturated carbocycles. The molecule has 16 heavy (non-hydrogen) atoms. The van der Waals surface area contributed by atoms with Crippen LogP contribution in [0.4, 0.5) is 5.69 Å². The average Bonchev–Trinajstić information content (AvgIpc) is 2.68. The Bertz CT molecular complexity index is 525. The van der Waals surface area contributed by atoms with E-state index >= 15 is 0 Å². The van der Waals surface area contributed by atoms with Gasteiger partial charge in [0, 0.05) is 5.69 Å². The van der Waals surface area contributed by atoms with Crippen molar-refractivity contribution in [3.8, 4) is 0 Å². The third-order valence-electron chi connectivity index (χ3n) is 1.87. The molecule has 1 aromatic carbocycles. The van der Waals surface area contributed by atoms with Crippen molar-refractivity contribution in [2.75, 3.05) is 11.1 Å². The van der Waals surface area contributed by atoms with Gasteiger partial charge in [-0.2, -0.15) is 0 Å². The van der Waals surface area contributed by atoms with Gasteiger partial charge in [-0.3, -0.25) is 4.79 Å². The molecular formula is C10H8N2O2S2. The summed E-state index contributed by atoms with van der Waals surface area (Å²) in [4.78, 5) is 24.9. The number of carbonyl (C=O) groups is 2. The van der Waals surface area contributed by atoms with Crippen molar-refractivity contribution in [2.45, 2.75) is 4.34 Å². The fourth-order valence-corrected chi connectivity index (χ4v) is 3.05. The Morgan fingerprint density at radius 3 is 3.06 bits per heavy atom. The number of hydrogen-bond acceptors (Lipinski definition) is 5. The van der Waals surface area contributed by atoms with Crippen molar-refractivity contribution in [2.24, 2.45) is 0 Å². The molecule has 1 heterocycles. The molecule has 0 spiro atoms. The second-order valence-electron chi connectivity index (χ2n) is 2.90. The van der Waals surface area contributed by atoms with Crippen LogP contribution in [0.25, 0.3) is 10.2 Å². The average molecular weight is 252 g/mol. The summed E-state index contributed by atoms with van der Waals surface area (Å²) in [6.45, 7) is 0. The molecule has 1 amide bonds. The number of fused-ring (bicyclic) bond motifs is 1. The zero-order chi connectivity index (χ0) is 11.4. The predicted molar refractivity (Wildman–Crippen MR) is 66.1 cm³/mol. The van der Waals surface area contributed by atoms with Gasteiger partial charge in [0.05, 0.1) is 16.0 Å². The lowest BCUT2D eigenvalue weighted by molar-refractivity contribution is -0.106. The lowest BCUT2D eigenvalue weighted by Crippen LogP contribution is -1.92. The second-order valence-corrected chi connectivity index (χ2v) is 5.20. The third-order valence-corrected chi connectivity index (χ3v) is 3.93. The summed E-state index contributed by atoms with van der Waals surface area (Å²) >= 11 is 2.93. The Morgan fingerprint density at radius 2 is 2.31 bits per heavy atom. The van der Waals surface area contributed by atoms with E-state index in [2.05, 4.69) is 10.3 Å². The van der Waals surface area contributed by atoms with Crippen LogP contribution in [0.15, 0.2) is 22.5 Å². The standard InChI is InChI=1S/C10H8N2O2S2/c13-3-4-15-10-12-8-2-1-7(11-6-14)5-9(8)16-10/h1-3,5-6H,4H2,(H,11,14). The number of aldehydes is 1. The number of thioether (sulfide) groups is 1. The first-order valence-corrected chi connectivity index (χ1v) is 6.31. The summed E-state index contributed by atoms with van der Waals surface area (Å²) in [6.07, 6.45) is 1.50. The Kier molecular flexibility index (Phi) is 3.53. The maximum Gasteiger partial charge on any atom is 0.211 e. The molecule has 0 atom stereocenters. The molecule has 6 heteroatoms. The van der Waals surface area contributed by atoms with Gasteiger partial charge < -0.3 is 10.1 Å². The molecular weight excluding hydrogens is 244 g/mol. The maximum atomic E-state index is 10.3. The van der Waals surface area contributed by atoms with E-state index in [1.54, 1.807) is 6.07 Å². The first kappa shape index (κ1) is 11.1. The molecule has 82 valence electrons. The van der Waals surface area contributed by atoms with E-state index in [0.717, 1.165) is 26.5 Å². The fraction of sp³-hybridized carbons (Fsp3) is 0.100. The number of anilines is 1. The SMILES string of the molecule is O=CCSc1nc2ccc(NC=O)cc2s1. The van der Waals surface area contributed by atoms with Crippen LogP contribution in [0.5, 0.6) is 0 Å². The van der Waals surface area contributed by atoms with Crippen LogP contribution in [-0.2, 0) is 9.59 Å². The Labute approximate surface area is 100 Å². The van der Waals surface area contributed by atoms with Crippen LogP contribution in [0, 0.1) is 0 Å². The topological polar surface area (TPSA) is 59.1 Å². The molecule has 4 nitrogen and oxygen atoms in total. The summed E-state index contributed by atoms with van der Waals surface area (Å²) < 4.78 is 1.87. The van der Waals surface area contributed by atoms with E-state index in [4.69, 9.17) is 0 Å². The smallest absolute Gasteiger partial charge is 0.211 e. The number of hydrogen-bond donors (Lipinski definition) is 1. The maximum absolute atomic E-state index is 10.3. The van der Waals surface area contributed by atoms with Crippen LogP contribution in [0.2, 0.25) is 0 Å². The van der Waals surface area contributed by atoms with E-state index in [0.29, 0.717) is 12.2 Å². The minimum absolute atomic E-state index is 0.416. The van der Waals surface area contributed by atoms with Crippen LogP contribution >= 0.6 is 23.1 Å². The van der Waals surface area contributed by atoms with Crippen molar-refractivity contribution in [1.82, 2.24) is 4.98 Å². The van der Waals surface area contributed by atoms with Gasteiger partial charge >= 0.3 is 0 Å². The van der Waals surface area contributed by atoms with Gasteiger partial charge in [0.1, 0.15) is 6.29 Å². The van der Waals surface area contributed by atoms with Crippen molar-refractivity contribution >= 4 is 51.7 Å². The summed E-state index contributed by atoms with van der Waals surface area (Å²) in [7, 11) is 0. The molecule has 2 aromatic rings. The normalized spacial score (nSPS) is 10.2. The highest BCUT2D eigenvalue weighted by Gasteiger charge is 2.04. The van der Waals surface area contributed by atoms with E-state index < -0.39 is 0 Å². The molecule has 0 saturated heterocycles. The number of nitrogens with zero attached hydrogens (tertiary/aromatic N) is 1. The molecule has 0 fully saturated rings. The number of thiazole rings is 1. The van der Waals surface area contributed by atoms with E-state index in [1.807, 2.05) is 12.1 Å². The minimum Gasteiger partial charge on any atom is -0.329 e. The summed E-state index contributed by atoms with van der Waals surface area (Å²) in [5.41, 5.74) is 1.63. The molecule has 0 aliphatic heterocycles. The van der Waals surface area contributed by atoms with Gasteiger partial charge in [-0.25, -0.2) is 4.98 Å². The number of nitrogens with one attached hydrogen (secondary N) is 1. The highest BCUT2D eigenvalue weighted by atomic mass is 32.2. The zero-order valence-corrected chi connectivity index (χ0v) is 9.81. The van der Waals surface area contributed by atoms with Gasteiger partial charge in [-0.05, 0) is 18.2 Å². The highest BCUT2D eigenvalue weighted by molar-refractivity contribution is 8.01. The lowest BCUT2D eigenvalue weighted by Gasteiger charge is -1.95. The number of carbonyl (C=O) groups excluding carboxylic acids is 2. The number of amides is 1. The van der Waals surface area contributed by atoms with Crippen LogP contribution in [0.3, 0.4) is 0 Å². The first-order valence-electron chi connectivity index (χ1n) is 4.50.